The van der Waals surface area contributed by atoms with Crippen LogP contribution in [-0.4, -0.2) is 28.7 Å². The van der Waals surface area contributed by atoms with Gasteiger partial charge in [0.15, 0.2) is 0 Å². The Bertz CT molecular complexity index is 935. The van der Waals surface area contributed by atoms with Gasteiger partial charge in [-0.2, -0.15) is 0 Å². The van der Waals surface area contributed by atoms with E-state index in [1.54, 1.807) is 29.2 Å². The van der Waals surface area contributed by atoms with Crippen LogP contribution in [-0.2, 0) is 14.4 Å². The van der Waals surface area contributed by atoms with Gasteiger partial charge < -0.3 is 4.90 Å². The molecule has 30 heavy (non-hydrogen) atoms. The molecule has 1 aliphatic rings. The topological polar surface area (TPSA) is 57.7 Å². The highest BCUT2D eigenvalue weighted by atomic mass is 79.9. The van der Waals surface area contributed by atoms with Crippen LogP contribution in [0.2, 0.25) is 0 Å². The van der Waals surface area contributed by atoms with Crippen LogP contribution in [0, 0.1) is 5.41 Å². The first kappa shape index (κ1) is 22.2. The Kier molecular flexibility index (Phi) is 6.46. The van der Waals surface area contributed by atoms with Gasteiger partial charge in [0.25, 0.3) is 5.91 Å². The minimum absolute atomic E-state index is 0.0120. The smallest absolute Gasteiger partial charge is 0.257 e. The lowest BCUT2D eigenvalue weighted by Crippen LogP contribution is -2.47. The number of nitrogens with zero attached hydrogens (tertiary/aromatic N) is 2. The molecule has 5 nitrogen and oxygen atoms in total. The van der Waals surface area contributed by atoms with Crippen LogP contribution in [0.1, 0.15) is 52.1 Å². The number of amides is 3. The molecule has 1 fully saturated rings. The van der Waals surface area contributed by atoms with Crippen LogP contribution in [0.25, 0.3) is 0 Å². The first-order valence-electron chi connectivity index (χ1n) is 10.1. The zero-order valence-corrected chi connectivity index (χ0v) is 19.3. The molecule has 1 aliphatic heterocycles. The molecule has 0 bridgehead atoms. The largest absolute Gasteiger partial charge is 0.323 e. The summed E-state index contributed by atoms with van der Waals surface area (Å²) in [6.07, 6.45) is 0.280. The van der Waals surface area contributed by atoms with E-state index in [0.29, 0.717) is 12.1 Å². The highest BCUT2D eigenvalue weighted by Crippen LogP contribution is 2.33. The van der Waals surface area contributed by atoms with Gasteiger partial charge in [0, 0.05) is 10.9 Å². The number of imide groups is 1. The van der Waals surface area contributed by atoms with E-state index in [1.807, 2.05) is 58.0 Å². The van der Waals surface area contributed by atoms with Gasteiger partial charge in [-0.25, -0.2) is 4.90 Å². The predicted octanol–water partition coefficient (Wildman–Crippen LogP) is 5.11. The minimum Gasteiger partial charge on any atom is -0.323 e. The summed E-state index contributed by atoms with van der Waals surface area (Å²) in [5, 5.41) is 0. The average molecular weight is 471 g/mol. The van der Waals surface area contributed by atoms with Crippen LogP contribution in [0.5, 0.6) is 0 Å². The zero-order valence-electron chi connectivity index (χ0n) is 17.8. The summed E-state index contributed by atoms with van der Waals surface area (Å²) in [6, 6.07) is 15.5. The van der Waals surface area contributed by atoms with Crippen molar-refractivity contribution < 1.29 is 14.4 Å². The molecule has 2 aromatic carbocycles. The first-order valence-corrected chi connectivity index (χ1v) is 10.9. The summed E-state index contributed by atoms with van der Waals surface area (Å²) < 4.78 is 0.863. The molecule has 1 saturated heterocycles. The fourth-order valence-corrected chi connectivity index (χ4v) is 4.06. The van der Waals surface area contributed by atoms with Crippen LogP contribution >= 0.6 is 15.9 Å². The molecule has 0 spiro atoms. The van der Waals surface area contributed by atoms with Crippen molar-refractivity contribution in [3.63, 3.8) is 0 Å². The van der Waals surface area contributed by atoms with Gasteiger partial charge in [-0.05, 0) is 42.2 Å². The molecule has 1 heterocycles. The Hall–Kier alpha value is -2.47. The van der Waals surface area contributed by atoms with E-state index in [-0.39, 0.29) is 35.6 Å². The standard InChI is InChI=1S/C24H27BrN2O3/c1-16(17-8-6-5-7-9-17)26(22(29)15-24(2,3)4)20-14-21(28)27(23(20)30)19-12-10-18(25)11-13-19/h5-13,16,20H,14-15H2,1-4H3. The van der Waals surface area contributed by atoms with Gasteiger partial charge >= 0.3 is 0 Å². The van der Waals surface area contributed by atoms with E-state index in [0.717, 1.165) is 10.0 Å². The predicted molar refractivity (Wildman–Crippen MR) is 121 cm³/mol. The van der Waals surface area contributed by atoms with E-state index in [4.69, 9.17) is 0 Å². The fourth-order valence-electron chi connectivity index (χ4n) is 3.79. The number of carbonyl (C=O) groups excluding carboxylic acids is 3. The lowest BCUT2D eigenvalue weighted by molar-refractivity contribution is -0.142. The van der Waals surface area contributed by atoms with Crippen LogP contribution in [0.4, 0.5) is 5.69 Å². The van der Waals surface area contributed by atoms with Gasteiger partial charge in [-0.1, -0.05) is 67.0 Å². The maximum atomic E-state index is 13.3. The number of hydrogen-bond acceptors (Lipinski definition) is 3. The van der Waals surface area contributed by atoms with Gasteiger partial charge in [0.1, 0.15) is 6.04 Å². The van der Waals surface area contributed by atoms with Gasteiger partial charge in [-0.3, -0.25) is 14.4 Å². The Balaban J connectivity index is 1.96. The molecule has 3 amide bonds. The third-order valence-corrected chi connectivity index (χ3v) is 5.74. The van der Waals surface area contributed by atoms with Crippen molar-refractivity contribution in [1.29, 1.82) is 0 Å². The van der Waals surface area contributed by atoms with Gasteiger partial charge in [0.2, 0.25) is 11.8 Å². The number of benzene rings is 2. The minimum atomic E-state index is -0.814. The van der Waals surface area contributed by atoms with Crippen molar-refractivity contribution in [1.82, 2.24) is 4.90 Å². The summed E-state index contributed by atoms with van der Waals surface area (Å²) in [6.45, 7) is 7.89. The van der Waals surface area contributed by atoms with Gasteiger partial charge in [-0.15, -0.1) is 0 Å². The highest BCUT2D eigenvalue weighted by Gasteiger charge is 2.46. The molecule has 0 radical (unpaired) electrons. The normalized spacial score (nSPS) is 17.9. The molecular formula is C24H27BrN2O3. The fraction of sp³-hybridized carbons (Fsp3) is 0.375. The summed E-state index contributed by atoms with van der Waals surface area (Å²) in [5.41, 5.74) is 1.22. The third-order valence-electron chi connectivity index (χ3n) is 5.21. The second-order valence-corrected chi connectivity index (χ2v) is 9.80. The quantitative estimate of drug-likeness (QED) is 0.570. The van der Waals surface area contributed by atoms with Crippen molar-refractivity contribution >= 4 is 39.3 Å². The number of carbonyl (C=O) groups is 3. The van der Waals surface area contributed by atoms with Crippen molar-refractivity contribution in [2.75, 3.05) is 4.90 Å². The summed E-state index contributed by atoms with van der Waals surface area (Å²) in [4.78, 5) is 42.3. The Morgan fingerprint density at radius 2 is 1.70 bits per heavy atom. The van der Waals surface area contributed by atoms with E-state index >= 15 is 0 Å². The van der Waals surface area contributed by atoms with E-state index in [9.17, 15) is 14.4 Å². The maximum absolute atomic E-state index is 13.3. The second kappa shape index (κ2) is 8.72. The lowest BCUT2D eigenvalue weighted by atomic mass is 9.90. The number of rotatable bonds is 5. The highest BCUT2D eigenvalue weighted by molar-refractivity contribution is 9.10. The molecule has 2 aromatic rings. The molecule has 6 heteroatoms. The Morgan fingerprint density at radius 1 is 1.10 bits per heavy atom. The zero-order chi connectivity index (χ0) is 22.1. The van der Waals surface area contributed by atoms with Crippen LogP contribution in [0.3, 0.4) is 0 Å². The van der Waals surface area contributed by atoms with Crippen molar-refractivity contribution in [3.05, 3.63) is 64.6 Å². The molecule has 158 valence electrons. The second-order valence-electron chi connectivity index (χ2n) is 8.89. The van der Waals surface area contributed by atoms with Crippen molar-refractivity contribution in [2.24, 2.45) is 5.41 Å². The van der Waals surface area contributed by atoms with E-state index in [1.165, 1.54) is 4.90 Å². The Labute approximate surface area is 186 Å². The Morgan fingerprint density at radius 3 is 2.27 bits per heavy atom. The molecule has 2 atom stereocenters. The van der Waals surface area contributed by atoms with Gasteiger partial charge in [0.05, 0.1) is 18.2 Å². The number of hydrogen-bond donors (Lipinski definition) is 0. The van der Waals surface area contributed by atoms with Crippen molar-refractivity contribution in [2.45, 2.75) is 52.6 Å². The summed E-state index contributed by atoms with van der Waals surface area (Å²) >= 11 is 3.37. The third kappa shape index (κ3) is 4.81. The first-order chi connectivity index (χ1) is 14.1. The maximum Gasteiger partial charge on any atom is 0.257 e. The molecule has 0 aliphatic carbocycles. The summed E-state index contributed by atoms with van der Waals surface area (Å²) in [7, 11) is 0. The monoisotopic (exact) mass is 470 g/mol. The molecule has 0 saturated carbocycles. The van der Waals surface area contributed by atoms with Crippen molar-refractivity contribution in [3.8, 4) is 0 Å². The molecule has 2 unspecified atom stereocenters. The summed E-state index contributed by atoms with van der Waals surface area (Å²) in [5.74, 6) is -0.767. The SMILES string of the molecule is CC(c1ccccc1)N(C(=O)CC(C)(C)C)C1CC(=O)N(c2ccc(Br)cc2)C1=O. The molecule has 0 aromatic heterocycles. The molecule has 0 N–H and O–H groups in total. The van der Waals surface area contributed by atoms with E-state index < -0.39 is 6.04 Å². The number of halogens is 1. The van der Waals surface area contributed by atoms with E-state index in [2.05, 4.69) is 15.9 Å². The van der Waals surface area contributed by atoms with Crippen LogP contribution in [0.15, 0.2) is 59.1 Å². The molecule has 3 rings (SSSR count). The lowest BCUT2D eigenvalue weighted by Gasteiger charge is -2.35. The average Bonchev–Trinajstić information content (AvgIpc) is 2.96. The molecular weight excluding hydrogens is 444 g/mol. The van der Waals surface area contributed by atoms with Crippen LogP contribution < -0.4 is 4.90 Å². The number of anilines is 1.